The maximum atomic E-state index is 11.6. The first-order valence-electron chi connectivity index (χ1n) is 5.85. The Hall–Kier alpha value is -2.89. The van der Waals surface area contributed by atoms with Gasteiger partial charge in [0.2, 0.25) is 0 Å². The van der Waals surface area contributed by atoms with Crippen molar-refractivity contribution in [2.24, 2.45) is 0 Å². The Morgan fingerprint density at radius 1 is 1.25 bits per heavy atom. The highest BCUT2D eigenvalue weighted by Gasteiger charge is 1.99. The van der Waals surface area contributed by atoms with Crippen LogP contribution in [-0.2, 0) is 11.3 Å². The maximum absolute atomic E-state index is 11.6. The van der Waals surface area contributed by atoms with Gasteiger partial charge in [0.1, 0.15) is 0 Å². The van der Waals surface area contributed by atoms with Crippen molar-refractivity contribution < 1.29 is 9.90 Å². The van der Waals surface area contributed by atoms with E-state index in [9.17, 15) is 14.4 Å². The lowest BCUT2D eigenvalue weighted by atomic mass is 10.1. The van der Waals surface area contributed by atoms with Crippen LogP contribution in [0, 0.1) is 0 Å². The minimum absolute atomic E-state index is 0.212. The highest BCUT2D eigenvalue weighted by molar-refractivity contribution is 5.85. The first kappa shape index (κ1) is 13.5. The predicted octanol–water partition coefficient (Wildman–Crippen LogP) is 0.683. The molecular formula is C14H12N2O4. The summed E-state index contributed by atoms with van der Waals surface area (Å²) in [5.41, 5.74) is 0.820. The molecule has 0 unspecified atom stereocenters. The molecule has 6 heteroatoms. The van der Waals surface area contributed by atoms with Crippen molar-refractivity contribution in [3.63, 3.8) is 0 Å². The Kier molecular flexibility index (Phi) is 3.95. The molecule has 0 aliphatic rings. The third-order valence-corrected chi connectivity index (χ3v) is 2.60. The molecule has 0 aliphatic carbocycles. The van der Waals surface area contributed by atoms with Crippen molar-refractivity contribution in [1.29, 1.82) is 0 Å². The van der Waals surface area contributed by atoms with Gasteiger partial charge in [-0.05, 0) is 23.3 Å². The van der Waals surface area contributed by atoms with Crippen LogP contribution in [0.25, 0.3) is 6.08 Å². The molecule has 0 amide bonds. The Morgan fingerprint density at radius 3 is 2.80 bits per heavy atom. The monoisotopic (exact) mass is 272 g/mol. The first-order valence-corrected chi connectivity index (χ1v) is 5.85. The average Bonchev–Trinajstić information content (AvgIpc) is 2.41. The van der Waals surface area contributed by atoms with Crippen molar-refractivity contribution in [3.05, 3.63) is 74.3 Å². The number of nitrogens with one attached hydrogen (secondary N) is 1. The predicted molar refractivity (Wildman–Crippen MR) is 73.5 cm³/mol. The van der Waals surface area contributed by atoms with E-state index < -0.39 is 5.97 Å². The van der Waals surface area contributed by atoms with E-state index in [4.69, 9.17) is 5.11 Å². The molecule has 0 atom stereocenters. The van der Waals surface area contributed by atoms with Crippen molar-refractivity contribution in [2.75, 3.05) is 0 Å². The average molecular weight is 272 g/mol. The van der Waals surface area contributed by atoms with Gasteiger partial charge in [0.15, 0.2) is 0 Å². The molecule has 1 aromatic carbocycles. The standard InChI is InChI=1S/C14H12N2O4/c17-12-5-6-13(18)16(15-12)9-11-3-1-2-10(8-11)4-7-14(19)20/h1-8H,9H2,(H,15,17)(H,19,20). The van der Waals surface area contributed by atoms with E-state index in [2.05, 4.69) is 5.10 Å². The highest BCUT2D eigenvalue weighted by atomic mass is 16.4. The van der Waals surface area contributed by atoms with Gasteiger partial charge in [-0.25, -0.2) is 9.48 Å². The quantitative estimate of drug-likeness (QED) is 0.801. The summed E-state index contributed by atoms with van der Waals surface area (Å²) in [4.78, 5) is 33.2. The second-order valence-corrected chi connectivity index (χ2v) is 4.15. The number of H-pyrrole nitrogens is 1. The summed E-state index contributed by atoms with van der Waals surface area (Å²) in [6.07, 6.45) is 2.50. The normalized spacial score (nSPS) is 10.8. The Labute approximate surface area is 113 Å². The second-order valence-electron chi connectivity index (χ2n) is 4.15. The molecule has 0 saturated heterocycles. The molecule has 20 heavy (non-hydrogen) atoms. The van der Waals surface area contributed by atoms with Crippen molar-refractivity contribution >= 4 is 12.0 Å². The topological polar surface area (TPSA) is 92.2 Å². The van der Waals surface area contributed by atoms with E-state index in [-0.39, 0.29) is 17.7 Å². The molecule has 1 heterocycles. The number of aromatic nitrogens is 2. The lowest BCUT2D eigenvalue weighted by Crippen LogP contribution is -2.28. The number of nitrogens with zero attached hydrogens (tertiary/aromatic N) is 1. The van der Waals surface area contributed by atoms with E-state index in [0.717, 1.165) is 11.6 Å². The summed E-state index contributed by atoms with van der Waals surface area (Å²) in [5, 5.41) is 11.0. The van der Waals surface area contributed by atoms with Crippen LogP contribution in [0.1, 0.15) is 11.1 Å². The lowest BCUT2D eigenvalue weighted by Gasteiger charge is -2.05. The Morgan fingerprint density at radius 2 is 2.05 bits per heavy atom. The summed E-state index contributed by atoms with van der Waals surface area (Å²) in [5.74, 6) is -1.03. The zero-order valence-corrected chi connectivity index (χ0v) is 10.4. The van der Waals surface area contributed by atoms with Crippen molar-refractivity contribution in [3.8, 4) is 0 Å². The van der Waals surface area contributed by atoms with Crippen molar-refractivity contribution in [1.82, 2.24) is 9.78 Å². The van der Waals surface area contributed by atoms with Gasteiger partial charge < -0.3 is 5.11 Å². The van der Waals surface area contributed by atoms with Gasteiger partial charge in [-0.3, -0.25) is 14.7 Å². The van der Waals surface area contributed by atoms with Crippen LogP contribution >= 0.6 is 0 Å². The first-order chi connectivity index (χ1) is 9.54. The zero-order valence-electron chi connectivity index (χ0n) is 10.4. The van der Waals surface area contributed by atoms with E-state index in [0.29, 0.717) is 5.56 Å². The fourth-order valence-electron chi connectivity index (χ4n) is 1.73. The second kappa shape index (κ2) is 5.83. The number of rotatable bonds is 4. The molecule has 0 fully saturated rings. The summed E-state index contributed by atoms with van der Waals surface area (Å²) >= 11 is 0. The number of aromatic amines is 1. The van der Waals surface area contributed by atoms with Crippen LogP contribution in [0.4, 0.5) is 0 Å². The van der Waals surface area contributed by atoms with Gasteiger partial charge in [0.05, 0.1) is 6.54 Å². The van der Waals surface area contributed by atoms with E-state index in [1.54, 1.807) is 24.3 Å². The highest BCUT2D eigenvalue weighted by Crippen LogP contribution is 2.07. The molecule has 2 rings (SSSR count). The molecule has 102 valence electrons. The summed E-state index contributed by atoms with van der Waals surface area (Å²) < 4.78 is 1.20. The largest absolute Gasteiger partial charge is 0.478 e. The molecule has 2 aromatic rings. The molecule has 0 saturated carbocycles. The third kappa shape index (κ3) is 3.55. The summed E-state index contributed by atoms with van der Waals surface area (Å²) in [7, 11) is 0. The zero-order chi connectivity index (χ0) is 14.5. The van der Waals surface area contributed by atoms with Crippen LogP contribution < -0.4 is 11.1 Å². The molecule has 6 nitrogen and oxygen atoms in total. The number of carbonyl (C=O) groups is 1. The van der Waals surface area contributed by atoms with Crippen LogP contribution in [0.5, 0.6) is 0 Å². The summed E-state index contributed by atoms with van der Waals surface area (Å²) in [6.45, 7) is 0.212. The number of aliphatic carboxylic acids is 1. The van der Waals surface area contributed by atoms with E-state index in [1.165, 1.54) is 22.9 Å². The fraction of sp³-hybridized carbons (Fsp3) is 0.0714. The van der Waals surface area contributed by atoms with Gasteiger partial charge >= 0.3 is 5.97 Å². The number of hydrogen-bond acceptors (Lipinski definition) is 3. The summed E-state index contributed by atoms with van der Waals surface area (Å²) in [6, 6.07) is 9.41. The number of benzene rings is 1. The van der Waals surface area contributed by atoms with Crippen LogP contribution in [0.15, 0.2) is 52.1 Å². The molecule has 2 N–H and O–H groups in total. The van der Waals surface area contributed by atoms with Gasteiger partial charge in [-0.1, -0.05) is 18.2 Å². The van der Waals surface area contributed by atoms with Crippen LogP contribution in [0.3, 0.4) is 0 Å². The molecular weight excluding hydrogens is 260 g/mol. The molecule has 1 aromatic heterocycles. The van der Waals surface area contributed by atoms with Gasteiger partial charge in [0, 0.05) is 18.2 Å². The lowest BCUT2D eigenvalue weighted by molar-refractivity contribution is -0.131. The van der Waals surface area contributed by atoms with Crippen molar-refractivity contribution in [2.45, 2.75) is 6.54 Å². The minimum atomic E-state index is -1.03. The smallest absolute Gasteiger partial charge is 0.328 e. The number of carboxylic acid groups (broad SMARTS) is 1. The van der Waals surface area contributed by atoms with Gasteiger partial charge in [0.25, 0.3) is 11.1 Å². The fourth-order valence-corrected chi connectivity index (χ4v) is 1.73. The third-order valence-electron chi connectivity index (χ3n) is 2.60. The van der Waals surface area contributed by atoms with Gasteiger partial charge in [-0.15, -0.1) is 0 Å². The maximum Gasteiger partial charge on any atom is 0.328 e. The molecule has 0 radical (unpaired) electrons. The molecule has 0 bridgehead atoms. The van der Waals surface area contributed by atoms with E-state index >= 15 is 0 Å². The number of carboxylic acids is 1. The SMILES string of the molecule is O=C(O)C=Cc1cccc(Cn2[nH]c(=O)ccc2=O)c1. The Bertz CT molecular complexity index is 771. The Balaban J connectivity index is 2.28. The van der Waals surface area contributed by atoms with E-state index in [1.807, 2.05) is 0 Å². The molecule has 0 aliphatic heterocycles. The number of hydrogen-bond donors (Lipinski definition) is 2. The van der Waals surface area contributed by atoms with Crippen LogP contribution in [-0.4, -0.2) is 20.9 Å². The van der Waals surface area contributed by atoms with Crippen LogP contribution in [0.2, 0.25) is 0 Å². The molecule has 0 spiro atoms. The van der Waals surface area contributed by atoms with Gasteiger partial charge in [-0.2, -0.15) is 0 Å². The minimum Gasteiger partial charge on any atom is -0.478 e.